The van der Waals surface area contributed by atoms with Gasteiger partial charge in [0.25, 0.3) is 0 Å². The summed E-state index contributed by atoms with van der Waals surface area (Å²) in [6.07, 6.45) is 3.72. The zero-order chi connectivity index (χ0) is 32.1. The summed E-state index contributed by atoms with van der Waals surface area (Å²) in [6, 6.07) is 0. The average Bonchev–Trinajstić information content (AvgIpc) is 3.26. The minimum absolute atomic E-state index is 0.0537. The largest absolute Gasteiger partial charge is 0.394 e. The summed E-state index contributed by atoms with van der Waals surface area (Å²) in [5.41, 5.74) is 3.36. The van der Waals surface area contributed by atoms with Gasteiger partial charge in [0, 0.05) is 5.92 Å². The molecule has 44 heavy (non-hydrogen) atoms. The van der Waals surface area contributed by atoms with Gasteiger partial charge in [0.05, 0.1) is 31.5 Å². The maximum Gasteiger partial charge on any atom is 0.186 e. The lowest BCUT2D eigenvalue weighted by molar-refractivity contribution is -0.315. The molecule has 4 aliphatic carbocycles. The van der Waals surface area contributed by atoms with Crippen LogP contribution >= 0.6 is 0 Å². The standard InChI is InChI=1S/C35H56O9/c1-18(2)20(10-13-36)7-6-19(3)29-27(39)16-24-22-15-26(38)25-14-21(8-11-34(25,4)23(22)9-12-35(24,29)5)43-33-32(42)31(41)30(40)28(17-37)44-33/h9-10,15,18-19,21,24-33,36-42H,6-8,11-14,16-17H2,1-5H3. The molecule has 0 amide bonds. The highest BCUT2D eigenvalue weighted by atomic mass is 16.7. The molecule has 250 valence electrons. The first-order chi connectivity index (χ1) is 20.8. The smallest absolute Gasteiger partial charge is 0.186 e. The van der Waals surface area contributed by atoms with Gasteiger partial charge in [0.1, 0.15) is 24.4 Å². The molecule has 5 rings (SSSR count). The second-order valence-corrected chi connectivity index (χ2v) is 15.2. The van der Waals surface area contributed by atoms with Crippen LogP contribution in [-0.4, -0.2) is 98.0 Å². The number of rotatable bonds is 9. The summed E-state index contributed by atoms with van der Waals surface area (Å²) in [5, 5.41) is 73.0. The molecule has 7 N–H and O–H groups in total. The molecule has 9 heteroatoms. The van der Waals surface area contributed by atoms with Crippen LogP contribution in [0.2, 0.25) is 0 Å². The molecule has 1 aliphatic heterocycles. The van der Waals surface area contributed by atoms with Gasteiger partial charge >= 0.3 is 0 Å². The van der Waals surface area contributed by atoms with E-state index in [-0.39, 0.29) is 41.3 Å². The van der Waals surface area contributed by atoms with Crippen LogP contribution in [0.4, 0.5) is 0 Å². The topological polar surface area (TPSA) is 160 Å². The summed E-state index contributed by atoms with van der Waals surface area (Å²) in [5.74, 6) is 0.881. The first kappa shape index (κ1) is 34.2. The van der Waals surface area contributed by atoms with E-state index in [0.29, 0.717) is 31.1 Å². The number of hydrogen-bond acceptors (Lipinski definition) is 9. The van der Waals surface area contributed by atoms with Gasteiger partial charge in [0.2, 0.25) is 0 Å². The van der Waals surface area contributed by atoms with Crippen molar-refractivity contribution in [2.45, 2.75) is 129 Å². The zero-order valence-corrected chi connectivity index (χ0v) is 27.0. The molecule has 0 aromatic heterocycles. The number of ether oxygens (including phenoxy) is 2. The van der Waals surface area contributed by atoms with Gasteiger partial charge in [-0.05, 0) is 90.6 Å². The van der Waals surface area contributed by atoms with Gasteiger partial charge in [-0.2, -0.15) is 0 Å². The first-order valence-electron chi connectivity index (χ1n) is 16.8. The van der Waals surface area contributed by atoms with E-state index in [0.717, 1.165) is 25.7 Å². The summed E-state index contributed by atoms with van der Waals surface area (Å²) >= 11 is 0. The van der Waals surface area contributed by atoms with Crippen LogP contribution in [0.3, 0.4) is 0 Å². The third-order valence-electron chi connectivity index (χ3n) is 12.4. The Bertz CT molecular complexity index is 1120. The molecule has 5 aliphatic rings. The van der Waals surface area contributed by atoms with Crippen LogP contribution in [0, 0.1) is 40.4 Å². The van der Waals surface area contributed by atoms with Crippen LogP contribution in [-0.2, 0) is 9.47 Å². The normalized spacial score (nSPS) is 46.6. The number of hydrogen-bond donors (Lipinski definition) is 7. The second-order valence-electron chi connectivity index (χ2n) is 15.2. The zero-order valence-electron chi connectivity index (χ0n) is 27.0. The molecule has 1 saturated heterocycles. The van der Waals surface area contributed by atoms with Crippen LogP contribution in [0.1, 0.15) is 79.6 Å². The Labute approximate surface area is 262 Å². The van der Waals surface area contributed by atoms with Crippen LogP contribution in [0.5, 0.6) is 0 Å². The number of fused-ring (bicyclic) bond motifs is 5. The van der Waals surface area contributed by atoms with Gasteiger partial charge in [0.15, 0.2) is 6.29 Å². The molecule has 3 fully saturated rings. The van der Waals surface area contributed by atoms with Crippen molar-refractivity contribution in [1.29, 1.82) is 0 Å². The Hall–Kier alpha value is -1.14. The molecule has 0 radical (unpaired) electrons. The van der Waals surface area contributed by atoms with Gasteiger partial charge in [-0.25, -0.2) is 0 Å². The highest BCUT2D eigenvalue weighted by Crippen LogP contribution is 2.65. The van der Waals surface area contributed by atoms with Crippen molar-refractivity contribution in [3.63, 3.8) is 0 Å². The number of allylic oxidation sites excluding steroid dienone is 4. The van der Waals surface area contributed by atoms with Crippen molar-refractivity contribution in [2.75, 3.05) is 13.2 Å². The Morgan fingerprint density at radius 1 is 1.05 bits per heavy atom. The first-order valence-corrected chi connectivity index (χ1v) is 16.8. The predicted molar refractivity (Wildman–Crippen MR) is 165 cm³/mol. The van der Waals surface area contributed by atoms with E-state index >= 15 is 0 Å². The fraction of sp³-hybridized carbons (Fsp3) is 0.829. The fourth-order valence-electron chi connectivity index (χ4n) is 9.78. The minimum atomic E-state index is -1.49. The lowest BCUT2D eigenvalue weighted by Gasteiger charge is -2.55. The van der Waals surface area contributed by atoms with Gasteiger partial charge in [-0.15, -0.1) is 0 Å². The van der Waals surface area contributed by atoms with Gasteiger partial charge in [-0.1, -0.05) is 58.4 Å². The summed E-state index contributed by atoms with van der Waals surface area (Å²) in [4.78, 5) is 0. The maximum absolute atomic E-state index is 11.6. The Balaban J connectivity index is 1.31. The van der Waals surface area contributed by atoms with E-state index < -0.39 is 49.5 Å². The lowest BCUT2D eigenvalue weighted by atomic mass is 9.51. The minimum Gasteiger partial charge on any atom is -0.394 e. The molecule has 14 atom stereocenters. The third kappa shape index (κ3) is 5.90. The summed E-state index contributed by atoms with van der Waals surface area (Å²) < 4.78 is 11.7. The molecule has 14 unspecified atom stereocenters. The van der Waals surface area contributed by atoms with Crippen LogP contribution in [0.15, 0.2) is 34.9 Å². The molecule has 2 saturated carbocycles. The van der Waals surface area contributed by atoms with E-state index in [1.807, 2.05) is 12.2 Å². The molecule has 0 spiro atoms. The molecule has 1 heterocycles. The number of aliphatic hydroxyl groups excluding tert-OH is 7. The lowest BCUT2D eigenvalue weighted by Crippen LogP contribution is -2.60. The van der Waals surface area contributed by atoms with Gasteiger partial charge < -0.3 is 45.2 Å². The third-order valence-corrected chi connectivity index (χ3v) is 12.4. The number of aliphatic hydroxyl groups is 7. The quantitative estimate of drug-likeness (QED) is 0.192. The SMILES string of the molecule is CC(C)C(=CCO)CCC(C)C1C(O)CC2C3=CC(O)C4CC(OC5OC(CO)C(O)C(O)C5O)CCC4(C)C3=CCC21C. The summed E-state index contributed by atoms with van der Waals surface area (Å²) in [7, 11) is 0. The molecular weight excluding hydrogens is 564 g/mol. The van der Waals surface area contributed by atoms with Crippen LogP contribution in [0.25, 0.3) is 0 Å². The van der Waals surface area contributed by atoms with Crippen molar-refractivity contribution in [2.24, 2.45) is 40.4 Å². The molecule has 9 nitrogen and oxygen atoms in total. The fourth-order valence-corrected chi connectivity index (χ4v) is 9.78. The summed E-state index contributed by atoms with van der Waals surface area (Å²) in [6.45, 7) is 10.7. The van der Waals surface area contributed by atoms with Crippen molar-refractivity contribution in [1.82, 2.24) is 0 Å². The highest BCUT2D eigenvalue weighted by molar-refractivity contribution is 5.48. The predicted octanol–water partition coefficient (Wildman–Crippen LogP) is 2.60. The highest BCUT2D eigenvalue weighted by Gasteiger charge is 2.59. The van der Waals surface area contributed by atoms with Crippen molar-refractivity contribution >= 4 is 0 Å². The van der Waals surface area contributed by atoms with Crippen molar-refractivity contribution in [3.05, 3.63) is 34.9 Å². The van der Waals surface area contributed by atoms with Crippen molar-refractivity contribution < 1.29 is 45.2 Å². The Kier molecular flexibility index (Phi) is 10.2. The van der Waals surface area contributed by atoms with E-state index in [1.165, 1.54) is 16.7 Å². The van der Waals surface area contributed by atoms with E-state index in [2.05, 4.69) is 40.7 Å². The molecule has 0 bridgehead atoms. The van der Waals surface area contributed by atoms with Gasteiger partial charge in [-0.3, -0.25) is 0 Å². The monoisotopic (exact) mass is 620 g/mol. The maximum atomic E-state index is 11.6. The molecule has 0 aromatic carbocycles. The Morgan fingerprint density at radius 2 is 1.77 bits per heavy atom. The molecule has 0 aromatic rings. The van der Waals surface area contributed by atoms with Crippen molar-refractivity contribution in [3.8, 4) is 0 Å². The van der Waals surface area contributed by atoms with Crippen LogP contribution < -0.4 is 0 Å². The van der Waals surface area contributed by atoms with E-state index in [9.17, 15) is 35.7 Å². The van der Waals surface area contributed by atoms with E-state index in [1.54, 1.807) is 0 Å². The second kappa shape index (κ2) is 13.2. The van der Waals surface area contributed by atoms with E-state index in [4.69, 9.17) is 9.47 Å². The Morgan fingerprint density at radius 3 is 2.43 bits per heavy atom. The molecular formula is C35H56O9. The average molecular weight is 621 g/mol.